The van der Waals surface area contributed by atoms with Gasteiger partial charge in [-0.05, 0) is 69.0 Å². The van der Waals surface area contributed by atoms with Crippen molar-refractivity contribution in [1.82, 2.24) is 14.8 Å². The van der Waals surface area contributed by atoms with Gasteiger partial charge in [0.2, 0.25) is 0 Å². The molecular weight excluding hydrogens is 442 g/mol. The molecule has 5 rings (SSSR count). The van der Waals surface area contributed by atoms with Crippen LogP contribution < -0.4 is 4.74 Å². The minimum atomic E-state index is 0.146. The lowest BCUT2D eigenvalue weighted by atomic mass is 10.00. The van der Waals surface area contributed by atoms with Crippen molar-refractivity contribution in [1.29, 1.82) is 0 Å². The largest absolute Gasteiger partial charge is 0.497 e. The lowest BCUT2D eigenvalue weighted by molar-refractivity contribution is 0.0593. The van der Waals surface area contributed by atoms with Gasteiger partial charge in [0.05, 0.1) is 12.8 Å². The maximum atomic E-state index is 13.3. The van der Waals surface area contributed by atoms with E-state index in [-0.39, 0.29) is 5.91 Å². The number of likely N-dealkylation sites (tertiary alicyclic amines) is 2. The van der Waals surface area contributed by atoms with Gasteiger partial charge in [0.15, 0.2) is 0 Å². The Morgan fingerprint density at radius 2 is 1.47 bits per heavy atom. The summed E-state index contributed by atoms with van der Waals surface area (Å²) in [6, 6.07) is 17.1. The van der Waals surface area contributed by atoms with E-state index in [0.29, 0.717) is 6.04 Å². The van der Waals surface area contributed by atoms with E-state index in [1.165, 1.54) is 43.7 Å². The standard InChI is InChI=1S/C28H33N3O2S/c1-20-26(28(32)31-18-14-24(15-19-31)30-16-4-3-5-17-30)34-27(29-20)23-8-6-21(7-9-23)22-10-12-25(33-2)13-11-22/h6-13,24H,3-5,14-19H2,1-2H3. The van der Waals surface area contributed by atoms with Crippen molar-refractivity contribution in [2.45, 2.75) is 45.1 Å². The molecule has 0 aliphatic carbocycles. The quantitative estimate of drug-likeness (QED) is 0.462. The molecular formula is C28H33N3O2S. The van der Waals surface area contributed by atoms with Gasteiger partial charge in [0, 0.05) is 24.7 Å². The number of hydrogen-bond acceptors (Lipinski definition) is 5. The third-order valence-corrected chi connectivity index (χ3v) is 8.40. The molecule has 0 saturated carbocycles. The first-order valence-corrected chi connectivity index (χ1v) is 13.2. The molecule has 1 aromatic heterocycles. The monoisotopic (exact) mass is 475 g/mol. The zero-order chi connectivity index (χ0) is 23.5. The van der Waals surface area contributed by atoms with E-state index in [1.54, 1.807) is 7.11 Å². The van der Waals surface area contributed by atoms with E-state index >= 15 is 0 Å². The second-order valence-corrected chi connectivity index (χ2v) is 10.4. The summed E-state index contributed by atoms with van der Waals surface area (Å²) < 4.78 is 5.25. The second-order valence-electron chi connectivity index (χ2n) is 9.36. The molecule has 2 aliphatic rings. The van der Waals surface area contributed by atoms with Crippen LogP contribution in [0.3, 0.4) is 0 Å². The number of piperidine rings is 2. The van der Waals surface area contributed by atoms with Crippen molar-refractivity contribution in [2.24, 2.45) is 0 Å². The van der Waals surface area contributed by atoms with Crippen LogP contribution in [-0.4, -0.2) is 60.0 Å². The number of rotatable bonds is 5. The zero-order valence-corrected chi connectivity index (χ0v) is 20.9. The molecule has 2 fully saturated rings. The number of ether oxygens (including phenoxy) is 1. The molecule has 6 heteroatoms. The molecule has 1 amide bonds. The number of carbonyl (C=O) groups excluding carboxylic acids is 1. The summed E-state index contributed by atoms with van der Waals surface area (Å²) in [5.74, 6) is 1.000. The van der Waals surface area contributed by atoms with Crippen LogP contribution in [0, 0.1) is 6.92 Å². The molecule has 2 aliphatic heterocycles. The van der Waals surface area contributed by atoms with Crippen LogP contribution in [-0.2, 0) is 0 Å². The molecule has 2 saturated heterocycles. The fourth-order valence-electron chi connectivity index (χ4n) is 5.17. The number of hydrogen-bond donors (Lipinski definition) is 0. The first kappa shape index (κ1) is 23.1. The van der Waals surface area contributed by atoms with Crippen molar-refractivity contribution in [2.75, 3.05) is 33.3 Å². The normalized spacial score (nSPS) is 17.6. The highest BCUT2D eigenvalue weighted by molar-refractivity contribution is 7.17. The van der Waals surface area contributed by atoms with Gasteiger partial charge in [-0.15, -0.1) is 11.3 Å². The minimum absolute atomic E-state index is 0.146. The molecule has 0 N–H and O–H groups in total. The van der Waals surface area contributed by atoms with Gasteiger partial charge in [0.25, 0.3) is 5.91 Å². The molecule has 0 atom stereocenters. The van der Waals surface area contributed by atoms with E-state index in [1.807, 2.05) is 24.0 Å². The summed E-state index contributed by atoms with van der Waals surface area (Å²) in [4.78, 5) is 23.5. The van der Waals surface area contributed by atoms with Crippen molar-refractivity contribution < 1.29 is 9.53 Å². The van der Waals surface area contributed by atoms with Crippen molar-refractivity contribution in [3.8, 4) is 27.4 Å². The average Bonchev–Trinajstić information content (AvgIpc) is 3.30. The number of amides is 1. The van der Waals surface area contributed by atoms with Crippen LogP contribution in [0.5, 0.6) is 5.75 Å². The molecule has 178 valence electrons. The van der Waals surface area contributed by atoms with Gasteiger partial charge < -0.3 is 14.5 Å². The smallest absolute Gasteiger partial charge is 0.265 e. The first-order valence-electron chi connectivity index (χ1n) is 12.4. The topological polar surface area (TPSA) is 45.7 Å². The van der Waals surface area contributed by atoms with Crippen LogP contribution in [0.2, 0.25) is 0 Å². The molecule has 0 unspecified atom stereocenters. The highest BCUT2D eigenvalue weighted by Gasteiger charge is 2.29. The molecule has 34 heavy (non-hydrogen) atoms. The van der Waals surface area contributed by atoms with E-state index in [0.717, 1.165) is 63.9 Å². The number of methoxy groups -OCH3 is 1. The van der Waals surface area contributed by atoms with Crippen LogP contribution in [0.1, 0.15) is 47.5 Å². The Balaban J connectivity index is 1.25. The van der Waals surface area contributed by atoms with E-state index in [4.69, 9.17) is 9.72 Å². The Kier molecular flexibility index (Phi) is 6.97. The van der Waals surface area contributed by atoms with Crippen LogP contribution in [0.15, 0.2) is 48.5 Å². The summed E-state index contributed by atoms with van der Waals surface area (Å²) in [6.07, 6.45) is 6.18. The summed E-state index contributed by atoms with van der Waals surface area (Å²) in [6.45, 7) is 6.12. The van der Waals surface area contributed by atoms with E-state index < -0.39 is 0 Å². The number of nitrogens with zero attached hydrogens (tertiary/aromatic N) is 3. The molecule has 0 radical (unpaired) electrons. The minimum Gasteiger partial charge on any atom is -0.497 e. The fourth-order valence-corrected chi connectivity index (χ4v) is 6.21. The number of thiazole rings is 1. The van der Waals surface area contributed by atoms with Gasteiger partial charge >= 0.3 is 0 Å². The Hall–Kier alpha value is -2.70. The third-order valence-electron chi connectivity index (χ3n) is 7.20. The molecule has 2 aromatic carbocycles. The number of aromatic nitrogens is 1. The summed E-state index contributed by atoms with van der Waals surface area (Å²) in [5.41, 5.74) is 4.18. The van der Waals surface area contributed by atoms with Gasteiger partial charge in [-0.25, -0.2) is 4.98 Å². The highest BCUT2D eigenvalue weighted by atomic mass is 32.1. The molecule has 0 bridgehead atoms. The van der Waals surface area contributed by atoms with Crippen LogP contribution in [0.4, 0.5) is 0 Å². The van der Waals surface area contributed by atoms with Gasteiger partial charge in [-0.2, -0.15) is 0 Å². The predicted molar refractivity (Wildman–Crippen MR) is 139 cm³/mol. The van der Waals surface area contributed by atoms with Gasteiger partial charge in [-0.1, -0.05) is 42.8 Å². The Bertz CT molecular complexity index is 1110. The molecule has 3 aromatic rings. The maximum Gasteiger partial charge on any atom is 0.265 e. The fraction of sp³-hybridized carbons (Fsp3) is 0.429. The van der Waals surface area contributed by atoms with Crippen molar-refractivity contribution in [3.63, 3.8) is 0 Å². The number of aryl methyl sites for hydroxylation is 1. The van der Waals surface area contributed by atoms with E-state index in [9.17, 15) is 4.79 Å². The Morgan fingerprint density at radius 1 is 0.882 bits per heavy atom. The van der Waals surface area contributed by atoms with Crippen molar-refractivity contribution >= 4 is 17.2 Å². The predicted octanol–water partition coefficient (Wildman–Crippen LogP) is 5.88. The van der Waals surface area contributed by atoms with Crippen LogP contribution in [0.25, 0.3) is 21.7 Å². The Labute approximate surface area is 206 Å². The summed E-state index contributed by atoms with van der Waals surface area (Å²) in [5, 5.41) is 0.908. The number of carbonyl (C=O) groups is 1. The third kappa shape index (κ3) is 4.89. The van der Waals surface area contributed by atoms with Gasteiger partial charge in [-0.3, -0.25) is 4.79 Å². The zero-order valence-electron chi connectivity index (χ0n) is 20.1. The maximum absolute atomic E-state index is 13.3. The SMILES string of the molecule is COc1ccc(-c2ccc(-c3nc(C)c(C(=O)N4CCC(N5CCCCC5)CC4)s3)cc2)cc1. The molecule has 5 nitrogen and oxygen atoms in total. The molecule has 3 heterocycles. The van der Waals surface area contributed by atoms with Crippen LogP contribution >= 0.6 is 11.3 Å². The lowest BCUT2D eigenvalue weighted by Gasteiger charge is -2.40. The Morgan fingerprint density at radius 3 is 2.09 bits per heavy atom. The average molecular weight is 476 g/mol. The second kappa shape index (κ2) is 10.3. The summed E-state index contributed by atoms with van der Waals surface area (Å²) in [7, 11) is 1.68. The van der Waals surface area contributed by atoms with E-state index in [2.05, 4.69) is 41.3 Å². The number of benzene rings is 2. The highest BCUT2D eigenvalue weighted by Crippen LogP contribution is 2.32. The van der Waals surface area contributed by atoms with Crippen molar-refractivity contribution in [3.05, 3.63) is 59.1 Å². The lowest BCUT2D eigenvalue weighted by Crippen LogP contribution is -2.48. The van der Waals surface area contributed by atoms with Gasteiger partial charge in [0.1, 0.15) is 15.6 Å². The molecule has 0 spiro atoms. The summed E-state index contributed by atoms with van der Waals surface area (Å²) >= 11 is 1.52. The first-order chi connectivity index (χ1) is 16.6.